The van der Waals surface area contributed by atoms with E-state index in [9.17, 15) is 4.79 Å². The average Bonchev–Trinajstić information content (AvgIpc) is 2.45. The molecular formula is C15H11NO2. The fourth-order valence-electron chi connectivity index (χ4n) is 1.46. The predicted molar refractivity (Wildman–Crippen MR) is 68.6 cm³/mol. The summed E-state index contributed by atoms with van der Waals surface area (Å²) in [5.41, 5.74) is 1.92. The minimum absolute atomic E-state index is 0.570. The lowest BCUT2D eigenvalue weighted by Crippen LogP contribution is -1.90. The Morgan fingerprint density at radius 3 is 2.78 bits per heavy atom. The minimum Gasteiger partial charge on any atom is -0.495 e. The van der Waals surface area contributed by atoms with Gasteiger partial charge in [0, 0.05) is 11.8 Å². The fraction of sp³-hybridized carbons (Fsp3) is 0.0667. The number of ether oxygens (including phenoxy) is 1. The van der Waals surface area contributed by atoms with Crippen LogP contribution < -0.4 is 4.74 Å². The van der Waals surface area contributed by atoms with Crippen LogP contribution in [0.15, 0.2) is 42.6 Å². The van der Waals surface area contributed by atoms with Crippen molar-refractivity contribution in [1.82, 2.24) is 4.98 Å². The molecule has 0 saturated heterocycles. The van der Waals surface area contributed by atoms with Crippen molar-refractivity contribution in [3.8, 4) is 17.6 Å². The highest BCUT2D eigenvalue weighted by Crippen LogP contribution is 2.18. The summed E-state index contributed by atoms with van der Waals surface area (Å²) in [6.45, 7) is 0. The molecule has 1 heterocycles. The Bertz CT molecular complexity index is 609. The van der Waals surface area contributed by atoms with Crippen LogP contribution in [0.5, 0.6) is 5.75 Å². The van der Waals surface area contributed by atoms with Gasteiger partial charge in [0.25, 0.3) is 0 Å². The van der Waals surface area contributed by atoms with Crippen molar-refractivity contribution in [3.63, 3.8) is 0 Å². The highest BCUT2D eigenvalue weighted by Gasteiger charge is 2.01. The van der Waals surface area contributed by atoms with Gasteiger partial charge in [-0.3, -0.25) is 4.79 Å². The largest absolute Gasteiger partial charge is 0.495 e. The third-order valence-electron chi connectivity index (χ3n) is 2.35. The zero-order valence-corrected chi connectivity index (χ0v) is 9.88. The second kappa shape index (κ2) is 5.65. The summed E-state index contributed by atoms with van der Waals surface area (Å²) in [6, 6.07) is 10.6. The Balaban J connectivity index is 2.39. The monoisotopic (exact) mass is 237 g/mol. The summed E-state index contributed by atoms with van der Waals surface area (Å²) < 4.78 is 5.19. The van der Waals surface area contributed by atoms with Crippen LogP contribution in [0.4, 0.5) is 0 Å². The summed E-state index contributed by atoms with van der Waals surface area (Å²) in [4.78, 5) is 14.8. The first-order chi connectivity index (χ1) is 8.83. The van der Waals surface area contributed by atoms with Gasteiger partial charge in [-0.2, -0.15) is 0 Å². The number of benzene rings is 1. The molecule has 1 aromatic carbocycles. The Labute approximate surface area is 105 Å². The van der Waals surface area contributed by atoms with E-state index in [1.807, 2.05) is 18.2 Å². The van der Waals surface area contributed by atoms with Crippen LogP contribution in [0, 0.1) is 11.8 Å². The molecule has 0 aliphatic carbocycles. The van der Waals surface area contributed by atoms with E-state index in [-0.39, 0.29) is 0 Å². The summed E-state index contributed by atoms with van der Waals surface area (Å²) in [6.07, 6.45) is 2.47. The smallest absolute Gasteiger partial charge is 0.150 e. The van der Waals surface area contributed by atoms with Gasteiger partial charge >= 0.3 is 0 Å². The van der Waals surface area contributed by atoms with E-state index in [4.69, 9.17) is 4.74 Å². The third kappa shape index (κ3) is 2.74. The maximum absolute atomic E-state index is 10.7. The van der Waals surface area contributed by atoms with E-state index < -0.39 is 0 Å². The fourth-order valence-corrected chi connectivity index (χ4v) is 1.46. The molecule has 0 N–H and O–H groups in total. The zero-order valence-electron chi connectivity index (χ0n) is 9.88. The highest BCUT2D eigenvalue weighted by molar-refractivity contribution is 5.76. The van der Waals surface area contributed by atoms with E-state index in [1.54, 1.807) is 31.5 Å². The second-order valence-corrected chi connectivity index (χ2v) is 3.54. The molecule has 18 heavy (non-hydrogen) atoms. The molecule has 3 heteroatoms. The molecule has 0 saturated carbocycles. The van der Waals surface area contributed by atoms with E-state index in [1.165, 1.54) is 0 Å². The third-order valence-corrected chi connectivity index (χ3v) is 2.35. The normalized spacial score (nSPS) is 9.17. The van der Waals surface area contributed by atoms with Gasteiger partial charge < -0.3 is 4.74 Å². The van der Waals surface area contributed by atoms with Crippen LogP contribution in [-0.2, 0) is 0 Å². The van der Waals surface area contributed by atoms with E-state index in [0.717, 1.165) is 6.29 Å². The summed E-state index contributed by atoms with van der Waals surface area (Å²) in [5.74, 6) is 6.53. The number of hydrogen-bond acceptors (Lipinski definition) is 3. The zero-order chi connectivity index (χ0) is 12.8. The van der Waals surface area contributed by atoms with Crippen molar-refractivity contribution >= 4 is 6.29 Å². The van der Waals surface area contributed by atoms with Crippen LogP contribution in [0.1, 0.15) is 21.6 Å². The van der Waals surface area contributed by atoms with Crippen molar-refractivity contribution in [2.45, 2.75) is 0 Å². The number of pyridine rings is 1. The quantitative estimate of drug-likeness (QED) is 0.594. The molecule has 2 rings (SSSR count). The van der Waals surface area contributed by atoms with Gasteiger partial charge in [0.2, 0.25) is 0 Å². The molecule has 3 nitrogen and oxygen atoms in total. The number of aldehydes is 1. The minimum atomic E-state index is 0.570. The number of carbonyl (C=O) groups is 1. The van der Waals surface area contributed by atoms with Gasteiger partial charge in [-0.05, 0) is 36.3 Å². The van der Waals surface area contributed by atoms with Crippen molar-refractivity contribution in [2.75, 3.05) is 7.11 Å². The molecule has 0 spiro atoms. The summed E-state index contributed by atoms with van der Waals surface area (Å²) >= 11 is 0. The van der Waals surface area contributed by atoms with Crippen LogP contribution in [0.3, 0.4) is 0 Å². The maximum atomic E-state index is 10.7. The van der Waals surface area contributed by atoms with Crippen molar-refractivity contribution < 1.29 is 9.53 Å². The number of hydrogen-bond donors (Lipinski definition) is 0. The maximum Gasteiger partial charge on any atom is 0.150 e. The lowest BCUT2D eigenvalue weighted by atomic mass is 10.1. The summed E-state index contributed by atoms with van der Waals surface area (Å²) in [5, 5.41) is 0. The number of aromatic nitrogens is 1. The molecule has 0 radical (unpaired) electrons. The van der Waals surface area contributed by atoms with Crippen LogP contribution in [0.2, 0.25) is 0 Å². The molecule has 0 fully saturated rings. The Hall–Kier alpha value is -2.60. The highest BCUT2D eigenvalue weighted by atomic mass is 16.5. The molecule has 0 aliphatic heterocycles. The first kappa shape index (κ1) is 11.9. The SMILES string of the molecule is COc1ccc(C=O)cc1C#Cc1ccccn1. The number of rotatable bonds is 2. The summed E-state index contributed by atoms with van der Waals surface area (Å²) in [7, 11) is 1.57. The van der Waals surface area contributed by atoms with Gasteiger partial charge in [0.1, 0.15) is 17.7 Å². The first-order valence-electron chi connectivity index (χ1n) is 5.40. The molecule has 1 aromatic heterocycles. The first-order valence-corrected chi connectivity index (χ1v) is 5.40. The van der Waals surface area contributed by atoms with E-state index >= 15 is 0 Å². The molecular weight excluding hydrogens is 226 g/mol. The standard InChI is InChI=1S/C15H11NO2/c1-18-15-8-5-12(11-17)10-13(15)6-7-14-4-2-3-9-16-14/h2-5,8-11H,1H3. The Morgan fingerprint density at radius 2 is 2.11 bits per heavy atom. The van der Waals surface area contributed by atoms with Gasteiger partial charge in [0.05, 0.1) is 12.7 Å². The van der Waals surface area contributed by atoms with Gasteiger partial charge in [0.15, 0.2) is 0 Å². The van der Waals surface area contributed by atoms with Gasteiger partial charge in [-0.25, -0.2) is 4.98 Å². The van der Waals surface area contributed by atoms with E-state index in [2.05, 4.69) is 16.8 Å². The average molecular weight is 237 g/mol. The Kier molecular flexibility index (Phi) is 3.72. The van der Waals surface area contributed by atoms with Gasteiger partial charge in [-0.15, -0.1) is 0 Å². The topological polar surface area (TPSA) is 39.2 Å². The molecule has 0 amide bonds. The van der Waals surface area contributed by atoms with Crippen molar-refractivity contribution in [3.05, 3.63) is 59.4 Å². The molecule has 0 atom stereocenters. The number of methoxy groups -OCH3 is 1. The lowest BCUT2D eigenvalue weighted by molar-refractivity contribution is 0.112. The number of carbonyl (C=O) groups excluding carboxylic acids is 1. The van der Waals surface area contributed by atoms with Crippen LogP contribution >= 0.6 is 0 Å². The molecule has 0 bridgehead atoms. The van der Waals surface area contributed by atoms with E-state index in [0.29, 0.717) is 22.6 Å². The van der Waals surface area contributed by atoms with Crippen molar-refractivity contribution in [1.29, 1.82) is 0 Å². The Morgan fingerprint density at radius 1 is 1.22 bits per heavy atom. The molecule has 2 aromatic rings. The van der Waals surface area contributed by atoms with Crippen LogP contribution in [-0.4, -0.2) is 18.4 Å². The van der Waals surface area contributed by atoms with Crippen molar-refractivity contribution in [2.24, 2.45) is 0 Å². The lowest BCUT2D eigenvalue weighted by Gasteiger charge is -2.02. The second-order valence-electron chi connectivity index (χ2n) is 3.54. The van der Waals surface area contributed by atoms with Gasteiger partial charge in [-0.1, -0.05) is 12.0 Å². The van der Waals surface area contributed by atoms with Crippen LogP contribution in [0.25, 0.3) is 0 Å². The molecule has 0 aliphatic rings. The molecule has 88 valence electrons. The molecule has 0 unspecified atom stereocenters. The predicted octanol–water partition coefficient (Wildman–Crippen LogP) is 2.30. The number of nitrogens with zero attached hydrogens (tertiary/aromatic N) is 1.